The Morgan fingerprint density at radius 3 is 2.55 bits per heavy atom. The van der Waals surface area contributed by atoms with Gasteiger partial charge in [-0.25, -0.2) is 0 Å². The zero-order chi connectivity index (χ0) is 28.2. The molecule has 0 aliphatic carbocycles. The number of benzene rings is 2. The number of nitrogens with zero attached hydrogens (tertiary/aromatic N) is 2. The number of carbonyl (C=O) groups excluding carboxylic acids is 3. The highest BCUT2D eigenvalue weighted by Gasteiger charge is 2.74. The number of cyclic esters (lactones) is 1. The summed E-state index contributed by atoms with van der Waals surface area (Å²) in [6.45, 7) is 6.13. The van der Waals surface area contributed by atoms with Crippen LogP contribution in [0, 0.1) is 25.7 Å². The number of carbonyl (C=O) groups is 3. The van der Waals surface area contributed by atoms with Gasteiger partial charge >= 0.3 is 5.97 Å². The second-order valence-electron chi connectivity index (χ2n) is 11.4. The van der Waals surface area contributed by atoms with E-state index in [9.17, 15) is 19.5 Å². The maximum Gasteiger partial charge on any atom is 0.311 e. The molecule has 1 unspecified atom stereocenters. The average Bonchev–Trinajstić information content (AvgIpc) is 3.20. The molecule has 6 rings (SSSR count). The van der Waals surface area contributed by atoms with Gasteiger partial charge in [0.25, 0.3) is 5.91 Å². The van der Waals surface area contributed by atoms with E-state index in [1.165, 1.54) is 11.8 Å². The lowest BCUT2D eigenvalue weighted by atomic mass is 9.75. The fraction of sp³-hybridized carbons (Fsp3) is 0.406. The Morgan fingerprint density at radius 1 is 1.02 bits per heavy atom. The zero-order valence-corrected chi connectivity index (χ0v) is 23.8. The second kappa shape index (κ2) is 9.93. The van der Waals surface area contributed by atoms with Gasteiger partial charge in [-0.05, 0) is 56.0 Å². The first-order valence-corrected chi connectivity index (χ1v) is 14.6. The van der Waals surface area contributed by atoms with E-state index in [1.807, 2.05) is 93.6 Å². The molecule has 8 heteroatoms. The molecule has 4 aliphatic heterocycles. The van der Waals surface area contributed by atoms with Crippen LogP contribution in [0.5, 0.6) is 0 Å². The first kappa shape index (κ1) is 26.8. The van der Waals surface area contributed by atoms with E-state index >= 15 is 0 Å². The minimum absolute atomic E-state index is 0.162. The Bertz CT molecular complexity index is 1420. The SMILES string of the molecule is Cc1ccc(C)c(N2CC=C[C@]34S[C@@]5(C)C=CCOC(=O)[C@H]5[C@H]3C(=O)N([C@@H](CO)Cc3ccccc3)C4C2=O)c1. The third-order valence-electron chi connectivity index (χ3n) is 8.82. The maximum atomic E-state index is 14.8. The van der Waals surface area contributed by atoms with Crippen LogP contribution in [0.1, 0.15) is 23.6 Å². The molecule has 4 aliphatic rings. The lowest BCUT2D eigenvalue weighted by Gasteiger charge is -2.40. The molecule has 2 aromatic rings. The number of fused-ring (bicyclic) bond motifs is 2. The number of hydrogen-bond acceptors (Lipinski definition) is 6. The summed E-state index contributed by atoms with van der Waals surface area (Å²) in [5, 5.41) is 10.7. The minimum atomic E-state index is -0.995. The van der Waals surface area contributed by atoms with E-state index in [1.54, 1.807) is 9.80 Å². The minimum Gasteiger partial charge on any atom is -0.461 e. The Morgan fingerprint density at radius 2 is 1.80 bits per heavy atom. The van der Waals surface area contributed by atoms with Crippen molar-refractivity contribution in [2.24, 2.45) is 11.8 Å². The number of aliphatic hydroxyl groups is 1. The fourth-order valence-electron chi connectivity index (χ4n) is 7.05. The van der Waals surface area contributed by atoms with Gasteiger partial charge in [-0.3, -0.25) is 14.4 Å². The average molecular weight is 559 g/mol. The molecule has 2 amide bonds. The van der Waals surface area contributed by atoms with Crippen molar-refractivity contribution in [3.8, 4) is 0 Å². The van der Waals surface area contributed by atoms with Crippen molar-refractivity contribution in [1.29, 1.82) is 0 Å². The number of aryl methyl sites for hydroxylation is 2. The Kier molecular flexibility index (Phi) is 6.66. The highest BCUT2D eigenvalue weighted by molar-refractivity contribution is 8.02. The van der Waals surface area contributed by atoms with Gasteiger partial charge in [0.05, 0.1) is 29.2 Å². The number of thioether (sulfide) groups is 1. The van der Waals surface area contributed by atoms with Crippen LogP contribution in [0.4, 0.5) is 5.69 Å². The standard InChI is InChI=1S/C32H34N2O5S/c1-20-11-12-21(2)24(17-20)33-15-7-14-32-25(26-30(38)39-16-8-13-31(26,3)40-32)28(36)34(27(32)29(33)37)23(19-35)18-22-9-5-4-6-10-22/h4-14,17,23,25-27,35H,15-16,18-19H2,1-3H3/t23-,25+,26-,27?,31+,32+/m1/s1. The number of anilines is 1. The second-order valence-corrected chi connectivity index (χ2v) is 13.2. The highest BCUT2D eigenvalue weighted by Crippen LogP contribution is 2.65. The molecule has 0 saturated carbocycles. The van der Waals surface area contributed by atoms with Crippen molar-refractivity contribution in [3.63, 3.8) is 0 Å². The maximum absolute atomic E-state index is 14.8. The van der Waals surface area contributed by atoms with E-state index in [0.29, 0.717) is 13.0 Å². The predicted octanol–water partition coefficient (Wildman–Crippen LogP) is 3.61. The Labute approximate surface area is 238 Å². The van der Waals surface area contributed by atoms with Gasteiger partial charge in [0.1, 0.15) is 12.6 Å². The van der Waals surface area contributed by atoms with E-state index in [4.69, 9.17) is 4.74 Å². The number of ether oxygens (including phenoxy) is 1. The molecule has 6 atom stereocenters. The summed E-state index contributed by atoms with van der Waals surface area (Å²) in [5.74, 6) is -2.46. The zero-order valence-electron chi connectivity index (χ0n) is 22.9. The fourth-order valence-corrected chi connectivity index (χ4v) is 9.19. The normalized spacial score (nSPS) is 31.8. The molecule has 1 N–H and O–H groups in total. The van der Waals surface area contributed by atoms with Crippen LogP contribution in [-0.4, -0.2) is 69.1 Å². The number of esters is 1. The van der Waals surface area contributed by atoms with Gasteiger partial charge in [-0.1, -0.05) is 60.7 Å². The first-order valence-electron chi connectivity index (χ1n) is 13.8. The summed E-state index contributed by atoms with van der Waals surface area (Å²) in [6.07, 6.45) is 8.14. The summed E-state index contributed by atoms with van der Waals surface area (Å²) in [5.41, 5.74) is 3.75. The van der Waals surface area contributed by atoms with Crippen LogP contribution in [0.15, 0.2) is 72.8 Å². The van der Waals surface area contributed by atoms with E-state index in [2.05, 4.69) is 0 Å². The lowest BCUT2D eigenvalue weighted by molar-refractivity contribution is -0.153. The number of likely N-dealkylation sites (tertiary alicyclic amines) is 1. The molecule has 40 heavy (non-hydrogen) atoms. The third kappa shape index (κ3) is 4.03. The molecular formula is C32H34N2O5S. The van der Waals surface area contributed by atoms with Crippen LogP contribution in [0.25, 0.3) is 0 Å². The van der Waals surface area contributed by atoms with Gasteiger partial charge < -0.3 is 19.6 Å². The van der Waals surface area contributed by atoms with E-state index in [0.717, 1.165) is 22.4 Å². The quantitative estimate of drug-likeness (QED) is 0.446. The van der Waals surface area contributed by atoms with Crippen molar-refractivity contribution in [1.82, 2.24) is 4.90 Å². The number of hydrogen-bond donors (Lipinski definition) is 1. The summed E-state index contributed by atoms with van der Waals surface area (Å²) in [4.78, 5) is 46.1. The lowest BCUT2D eigenvalue weighted by Crippen LogP contribution is -2.57. The molecule has 2 saturated heterocycles. The van der Waals surface area contributed by atoms with Crippen LogP contribution in [0.3, 0.4) is 0 Å². The van der Waals surface area contributed by atoms with E-state index in [-0.39, 0.29) is 25.0 Å². The van der Waals surface area contributed by atoms with Crippen molar-refractivity contribution < 1.29 is 24.2 Å². The summed E-state index contributed by atoms with van der Waals surface area (Å²) >= 11 is 1.51. The number of rotatable bonds is 5. The number of aliphatic hydroxyl groups excluding tert-OH is 1. The molecule has 2 aromatic carbocycles. The summed E-state index contributed by atoms with van der Waals surface area (Å²) in [7, 11) is 0. The third-order valence-corrected chi connectivity index (χ3v) is 10.6. The Balaban J connectivity index is 1.51. The topological polar surface area (TPSA) is 87.2 Å². The molecular weight excluding hydrogens is 524 g/mol. The Hall–Kier alpha value is -3.36. The molecule has 2 fully saturated rings. The molecule has 208 valence electrons. The first-order chi connectivity index (χ1) is 19.2. The van der Waals surface area contributed by atoms with Crippen LogP contribution in [-0.2, 0) is 25.5 Å². The van der Waals surface area contributed by atoms with Gasteiger partial charge in [0.2, 0.25) is 5.91 Å². The van der Waals surface area contributed by atoms with Crippen LogP contribution in [0.2, 0.25) is 0 Å². The molecule has 4 heterocycles. The van der Waals surface area contributed by atoms with Gasteiger partial charge in [-0.2, -0.15) is 0 Å². The van der Waals surface area contributed by atoms with Gasteiger partial charge in [0.15, 0.2) is 0 Å². The van der Waals surface area contributed by atoms with Crippen molar-refractivity contribution >= 4 is 35.2 Å². The highest BCUT2D eigenvalue weighted by atomic mass is 32.2. The molecule has 7 nitrogen and oxygen atoms in total. The van der Waals surface area contributed by atoms with Gasteiger partial charge in [-0.15, -0.1) is 11.8 Å². The van der Waals surface area contributed by atoms with Crippen molar-refractivity contribution in [2.75, 3.05) is 24.7 Å². The largest absolute Gasteiger partial charge is 0.461 e. The molecule has 0 radical (unpaired) electrons. The smallest absolute Gasteiger partial charge is 0.311 e. The predicted molar refractivity (Wildman–Crippen MR) is 155 cm³/mol. The molecule has 1 spiro atoms. The number of amides is 2. The van der Waals surface area contributed by atoms with Crippen LogP contribution < -0.4 is 4.90 Å². The summed E-state index contributed by atoms with van der Waals surface area (Å²) in [6, 6.07) is 14.1. The van der Waals surface area contributed by atoms with Crippen LogP contribution >= 0.6 is 11.8 Å². The monoisotopic (exact) mass is 558 g/mol. The van der Waals surface area contributed by atoms with Gasteiger partial charge in [0, 0.05) is 17.0 Å². The van der Waals surface area contributed by atoms with Crippen molar-refractivity contribution in [3.05, 3.63) is 89.5 Å². The molecule has 0 aromatic heterocycles. The van der Waals surface area contributed by atoms with Crippen molar-refractivity contribution in [2.45, 2.75) is 48.8 Å². The van der Waals surface area contributed by atoms with E-state index < -0.39 is 39.4 Å². The molecule has 0 bridgehead atoms. The summed E-state index contributed by atoms with van der Waals surface area (Å²) < 4.78 is 3.82.